The molecule has 17 heavy (non-hydrogen) atoms. The average molecular weight is 298 g/mol. The fourth-order valence-electron chi connectivity index (χ4n) is 2.54. The highest BCUT2D eigenvalue weighted by Gasteiger charge is 2.23. The van der Waals surface area contributed by atoms with Gasteiger partial charge in [-0.15, -0.1) is 0 Å². The molecule has 2 atom stereocenters. The van der Waals surface area contributed by atoms with E-state index in [1.165, 1.54) is 19.3 Å². The summed E-state index contributed by atoms with van der Waals surface area (Å²) < 4.78 is 7.03. The molecule has 2 unspecified atom stereocenters. The van der Waals surface area contributed by atoms with Crippen molar-refractivity contribution in [3.63, 3.8) is 0 Å². The number of ether oxygens (including phenoxy) is 1. The summed E-state index contributed by atoms with van der Waals surface area (Å²) in [4.78, 5) is 0. The number of hydrogen-bond donors (Lipinski definition) is 1. The van der Waals surface area contributed by atoms with Crippen LogP contribution in [0.25, 0.3) is 0 Å². The Hall–Kier alpha value is -0.700. The van der Waals surface area contributed by atoms with Gasteiger partial charge in [0.05, 0.1) is 16.3 Å². The quantitative estimate of drug-likeness (QED) is 0.840. The molecule has 0 aliphatic heterocycles. The fourth-order valence-corrected chi connectivity index (χ4v) is 3.01. The summed E-state index contributed by atoms with van der Waals surface area (Å²) >= 11 is 3.50. The maximum absolute atomic E-state index is 6.08. The van der Waals surface area contributed by atoms with Crippen LogP contribution in [0, 0.1) is 5.92 Å². The Morgan fingerprint density at radius 1 is 1.41 bits per heavy atom. The molecule has 0 radical (unpaired) electrons. The van der Waals surface area contributed by atoms with Gasteiger partial charge in [-0.05, 0) is 53.2 Å². The van der Waals surface area contributed by atoms with Crippen molar-refractivity contribution in [3.8, 4) is 5.75 Å². The van der Waals surface area contributed by atoms with Crippen molar-refractivity contribution >= 4 is 21.6 Å². The largest absolute Gasteiger partial charge is 0.487 e. The third kappa shape index (κ3) is 3.15. The lowest BCUT2D eigenvalue weighted by Crippen LogP contribution is -2.25. The van der Waals surface area contributed by atoms with Crippen LogP contribution in [-0.2, 0) is 0 Å². The SMILES string of the molecule is CCC1CCCC(Oc2c(N)cccc2Br)C1. The van der Waals surface area contributed by atoms with E-state index in [1.807, 2.05) is 18.2 Å². The monoisotopic (exact) mass is 297 g/mol. The van der Waals surface area contributed by atoms with Crippen molar-refractivity contribution < 1.29 is 4.74 Å². The van der Waals surface area contributed by atoms with Crippen LogP contribution in [0.3, 0.4) is 0 Å². The second-order valence-electron chi connectivity index (χ2n) is 4.84. The minimum absolute atomic E-state index is 0.328. The lowest BCUT2D eigenvalue weighted by molar-refractivity contribution is 0.122. The van der Waals surface area contributed by atoms with Gasteiger partial charge in [-0.25, -0.2) is 0 Å². The number of rotatable bonds is 3. The highest BCUT2D eigenvalue weighted by Crippen LogP contribution is 2.35. The van der Waals surface area contributed by atoms with Crippen LogP contribution in [0.4, 0.5) is 5.69 Å². The molecule has 1 fully saturated rings. The van der Waals surface area contributed by atoms with E-state index in [1.54, 1.807) is 0 Å². The van der Waals surface area contributed by atoms with E-state index in [4.69, 9.17) is 10.5 Å². The number of benzene rings is 1. The predicted octanol–water partition coefficient (Wildman–Crippen LogP) is 4.38. The van der Waals surface area contributed by atoms with E-state index in [9.17, 15) is 0 Å². The molecule has 1 aliphatic carbocycles. The summed E-state index contributed by atoms with van der Waals surface area (Å²) in [6, 6.07) is 5.80. The van der Waals surface area contributed by atoms with Crippen LogP contribution < -0.4 is 10.5 Å². The van der Waals surface area contributed by atoms with E-state index >= 15 is 0 Å². The third-order valence-corrected chi connectivity index (χ3v) is 4.22. The molecular formula is C14H20BrNO. The van der Waals surface area contributed by atoms with Crippen LogP contribution in [0.15, 0.2) is 22.7 Å². The molecule has 0 spiro atoms. The van der Waals surface area contributed by atoms with Gasteiger partial charge in [0.1, 0.15) is 0 Å². The minimum atomic E-state index is 0.328. The third-order valence-electron chi connectivity index (χ3n) is 3.59. The number of hydrogen-bond acceptors (Lipinski definition) is 2. The van der Waals surface area contributed by atoms with Crippen molar-refractivity contribution in [1.29, 1.82) is 0 Å². The van der Waals surface area contributed by atoms with Gasteiger partial charge in [-0.1, -0.05) is 25.8 Å². The topological polar surface area (TPSA) is 35.2 Å². The fraction of sp³-hybridized carbons (Fsp3) is 0.571. The number of anilines is 1. The van der Waals surface area contributed by atoms with E-state index in [2.05, 4.69) is 22.9 Å². The Labute approximate surface area is 112 Å². The van der Waals surface area contributed by atoms with Crippen molar-refractivity contribution in [2.75, 3.05) is 5.73 Å². The van der Waals surface area contributed by atoms with Gasteiger partial charge in [0.2, 0.25) is 0 Å². The van der Waals surface area contributed by atoms with E-state index in [0.29, 0.717) is 6.10 Å². The van der Waals surface area contributed by atoms with Crippen molar-refractivity contribution in [2.24, 2.45) is 5.92 Å². The standard InChI is InChI=1S/C14H20BrNO/c1-2-10-5-3-6-11(9-10)17-14-12(15)7-4-8-13(14)16/h4,7-8,10-11H,2-3,5-6,9,16H2,1H3. The van der Waals surface area contributed by atoms with Crippen LogP contribution in [0.5, 0.6) is 5.75 Å². The van der Waals surface area contributed by atoms with Gasteiger partial charge >= 0.3 is 0 Å². The molecule has 1 aromatic rings. The number of nitrogen functional groups attached to an aromatic ring is 1. The Morgan fingerprint density at radius 3 is 2.94 bits per heavy atom. The first-order valence-corrected chi connectivity index (χ1v) is 7.20. The summed E-state index contributed by atoms with van der Waals surface area (Å²) in [5.74, 6) is 1.63. The second-order valence-corrected chi connectivity index (χ2v) is 5.69. The van der Waals surface area contributed by atoms with E-state index in [0.717, 1.165) is 34.7 Å². The zero-order valence-electron chi connectivity index (χ0n) is 10.3. The van der Waals surface area contributed by atoms with Crippen LogP contribution >= 0.6 is 15.9 Å². The summed E-state index contributed by atoms with van der Waals surface area (Å²) in [6.07, 6.45) is 6.52. The summed E-state index contributed by atoms with van der Waals surface area (Å²) in [5, 5.41) is 0. The molecule has 0 bridgehead atoms. The number of halogens is 1. The lowest BCUT2D eigenvalue weighted by atomic mass is 9.85. The average Bonchev–Trinajstić information content (AvgIpc) is 2.34. The van der Waals surface area contributed by atoms with Crippen molar-refractivity contribution in [1.82, 2.24) is 0 Å². The Bertz CT molecular complexity index is 360. The van der Waals surface area contributed by atoms with Crippen molar-refractivity contribution in [3.05, 3.63) is 22.7 Å². The molecule has 1 saturated carbocycles. The second kappa shape index (κ2) is 5.76. The zero-order chi connectivity index (χ0) is 12.3. The van der Waals surface area contributed by atoms with Crippen LogP contribution in [0.1, 0.15) is 39.0 Å². The molecule has 0 heterocycles. The molecule has 2 N–H and O–H groups in total. The minimum Gasteiger partial charge on any atom is -0.487 e. The van der Waals surface area contributed by atoms with Crippen LogP contribution in [-0.4, -0.2) is 6.10 Å². The Balaban J connectivity index is 2.05. The summed E-state index contributed by atoms with van der Waals surface area (Å²) in [6.45, 7) is 2.26. The molecule has 0 aromatic heterocycles. The molecule has 0 saturated heterocycles. The van der Waals surface area contributed by atoms with Gasteiger partial charge < -0.3 is 10.5 Å². The smallest absolute Gasteiger partial charge is 0.156 e. The molecule has 3 heteroatoms. The van der Waals surface area contributed by atoms with Gasteiger partial charge in [-0.2, -0.15) is 0 Å². The maximum Gasteiger partial charge on any atom is 0.156 e. The first-order valence-electron chi connectivity index (χ1n) is 6.41. The van der Waals surface area contributed by atoms with Crippen LogP contribution in [0.2, 0.25) is 0 Å². The van der Waals surface area contributed by atoms with Gasteiger partial charge in [0, 0.05) is 0 Å². The Morgan fingerprint density at radius 2 is 2.24 bits per heavy atom. The molecule has 2 nitrogen and oxygen atoms in total. The normalized spacial score (nSPS) is 24.6. The van der Waals surface area contributed by atoms with E-state index < -0.39 is 0 Å². The van der Waals surface area contributed by atoms with E-state index in [-0.39, 0.29) is 0 Å². The summed E-state index contributed by atoms with van der Waals surface area (Å²) in [7, 11) is 0. The highest BCUT2D eigenvalue weighted by atomic mass is 79.9. The molecule has 94 valence electrons. The van der Waals surface area contributed by atoms with Crippen molar-refractivity contribution in [2.45, 2.75) is 45.1 Å². The summed E-state index contributed by atoms with van der Waals surface area (Å²) in [5.41, 5.74) is 6.67. The molecule has 2 rings (SSSR count). The van der Waals surface area contributed by atoms with Gasteiger partial charge in [0.15, 0.2) is 5.75 Å². The lowest BCUT2D eigenvalue weighted by Gasteiger charge is -2.29. The molecule has 1 aromatic carbocycles. The first kappa shape index (κ1) is 12.7. The zero-order valence-corrected chi connectivity index (χ0v) is 11.9. The molecule has 0 amide bonds. The number of nitrogens with two attached hydrogens (primary N) is 1. The predicted molar refractivity (Wildman–Crippen MR) is 75.2 cm³/mol. The number of para-hydroxylation sites is 1. The first-order chi connectivity index (χ1) is 8.20. The van der Waals surface area contributed by atoms with Gasteiger partial charge in [-0.3, -0.25) is 0 Å². The maximum atomic E-state index is 6.08. The van der Waals surface area contributed by atoms with Gasteiger partial charge in [0.25, 0.3) is 0 Å². The highest BCUT2D eigenvalue weighted by molar-refractivity contribution is 9.10. The molecule has 1 aliphatic rings. The molecular weight excluding hydrogens is 278 g/mol. The Kier molecular flexibility index (Phi) is 4.32.